The molecule has 0 radical (unpaired) electrons. The number of hydrogen-bond acceptors (Lipinski definition) is 7. The molecule has 0 spiro atoms. The van der Waals surface area contributed by atoms with Crippen molar-refractivity contribution in [1.29, 1.82) is 0 Å². The maximum atomic E-state index is 15.7. The van der Waals surface area contributed by atoms with Crippen molar-refractivity contribution in [2.24, 2.45) is 4.99 Å². The lowest BCUT2D eigenvalue weighted by Gasteiger charge is -2.42. The molecule has 1 aromatic heterocycles. The van der Waals surface area contributed by atoms with Crippen LogP contribution in [-0.4, -0.2) is 42.5 Å². The van der Waals surface area contributed by atoms with Crippen LogP contribution in [0.25, 0.3) is 11.1 Å². The largest absolute Gasteiger partial charge is 0.497 e. The van der Waals surface area contributed by atoms with Gasteiger partial charge in [0.2, 0.25) is 0 Å². The number of aromatic nitrogens is 2. The summed E-state index contributed by atoms with van der Waals surface area (Å²) in [6.45, 7) is 1.48. The highest BCUT2D eigenvalue weighted by molar-refractivity contribution is 5.79. The Kier molecular flexibility index (Phi) is 8.79. The average Bonchev–Trinajstić information content (AvgIpc) is 3.11. The van der Waals surface area contributed by atoms with Crippen LogP contribution in [0.1, 0.15) is 35.6 Å². The van der Waals surface area contributed by atoms with E-state index in [9.17, 15) is 13.2 Å². The Balaban J connectivity index is 1.57. The number of hydrogen-bond donors (Lipinski definition) is 1. The first-order valence-corrected chi connectivity index (χ1v) is 15.1. The number of halogens is 4. The van der Waals surface area contributed by atoms with Crippen molar-refractivity contribution in [1.82, 2.24) is 15.3 Å². The van der Waals surface area contributed by atoms with Gasteiger partial charge in [0.25, 0.3) is 6.02 Å². The minimum absolute atomic E-state index is 0.0279. The predicted octanol–water partition coefficient (Wildman–Crippen LogP) is 7.80. The van der Waals surface area contributed by atoms with Crippen LogP contribution in [0.3, 0.4) is 0 Å². The monoisotopic (exact) mass is 656 g/mol. The Morgan fingerprint density at radius 1 is 0.771 bits per heavy atom. The highest BCUT2D eigenvalue weighted by Gasteiger charge is 2.51. The van der Waals surface area contributed by atoms with E-state index in [-0.39, 0.29) is 5.56 Å². The molecule has 246 valence electrons. The summed E-state index contributed by atoms with van der Waals surface area (Å²) in [5, 5.41) is 3.29. The molecular weight excluding hydrogens is 624 g/mol. The lowest BCUT2D eigenvalue weighted by Crippen LogP contribution is -2.54. The van der Waals surface area contributed by atoms with Crippen molar-refractivity contribution >= 4 is 6.02 Å². The maximum absolute atomic E-state index is 15.7. The van der Waals surface area contributed by atoms with Gasteiger partial charge in [0, 0.05) is 29.9 Å². The van der Waals surface area contributed by atoms with Gasteiger partial charge in [-0.05, 0) is 65.6 Å². The maximum Gasteiger partial charge on any atom is 0.425 e. The van der Waals surface area contributed by atoms with E-state index in [1.54, 1.807) is 50.9 Å². The van der Waals surface area contributed by atoms with Crippen LogP contribution in [0.4, 0.5) is 17.6 Å². The molecule has 0 fully saturated rings. The van der Waals surface area contributed by atoms with Gasteiger partial charge >= 0.3 is 6.18 Å². The van der Waals surface area contributed by atoms with E-state index in [2.05, 4.69) is 15.3 Å². The summed E-state index contributed by atoms with van der Waals surface area (Å²) in [5.41, 5.74) is 0.0279. The number of amidine groups is 1. The number of rotatable bonds is 8. The molecule has 0 saturated heterocycles. The van der Waals surface area contributed by atoms with Crippen molar-refractivity contribution < 1.29 is 31.8 Å². The molecule has 0 aliphatic carbocycles. The Hall–Kier alpha value is -5.45. The van der Waals surface area contributed by atoms with Crippen LogP contribution in [0, 0.1) is 5.82 Å². The minimum Gasteiger partial charge on any atom is -0.497 e. The highest BCUT2D eigenvalue weighted by atomic mass is 19.4. The molecule has 0 saturated carbocycles. The molecule has 0 bridgehead atoms. The first-order chi connectivity index (χ1) is 23.1. The van der Waals surface area contributed by atoms with Crippen LogP contribution in [0.15, 0.2) is 121 Å². The Morgan fingerprint density at radius 2 is 1.33 bits per heavy atom. The fourth-order valence-electron chi connectivity index (χ4n) is 6.06. The molecule has 0 unspecified atom stereocenters. The molecule has 2 heterocycles. The van der Waals surface area contributed by atoms with Crippen molar-refractivity contribution in [2.75, 3.05) is 14.2 Å². The molecule has 1 N–H and O–H groups in total. The zero-order chi connectivity index (χ0) is 33.9. The molecule has 11 heteroatoms. The van der Waals surface area contributed by atoms with Crippen LogP contribution >= 0.6 is 0 Å². The van der Waals surface area contributed by atoms with E-state index < -0.39 is 41.6 Å². The number of ether oxygens (including phenoxy) is 3. The van der Waals surface area contributed by atoms with E-state index >= 15 is 4.39 Å². The average molecular weight is 657 g/mol. The molecular formula is C37H32F4N4O3. The summed E-state index contributed by atoms with van der Waals surface area (Å²) >= 11 is 0. The third-order valence-corrected chi connectivity index (χ3v) is 8.54. The van der Waals surface area contributed by atoms with Gasteiger partial charge in [0.15, 0.2) is 6.10 Å². The molecule has 2 atom stereocenters. The molecule has 1 aliphatic heterocycles. The molecule has 1 aliphatic rings. The van der Waals surface area contributed by atoms with Gasteiger partial charge in [-0.15, -0.1) is 0 Å². The number of methoxy groups -OCH3 is 2. The van der Waals surface area contributed by atoms with Crippen LogP contribution in [0.5, 0.6) is 11.5 Å². The summed E-state index contributed by atoms with van der Waals surface area (Å²) in [4.78, 5) is 12.8. The van der Waals surface area contributed by atoms with Gasteiger partial charge in [-0.25, -0.2) is 19.4 Å². The smallest absolute Gasteiger partial charge is 0.425 e. The van der Waals surface area contributed by atoms with E-state index in [1.807, 2.05) is 54.6 Å². The van der Waals surface area contributed by atoms with Crippen LogP contribution in [0.2, 0.25) is 0 Å². The SMILES string of the molecule is COc1ccc(C(NC2=N[C@](C)(c3cc(-c4cncnc4)ccc3F)C[C@@H](C(F)(F)F)O2)(c2ccccc2)c2ccc(OC)cc2)cc1. The lowest BCUT2D eigenvalue weighted by molar-refractivity contribution is -0.209. The molecule has 48 heavy (non-hydrogen) atoms. The zero-order valence-electron chi connectivity index (χ0n) is 26.3. The fourth-order valence-corrected chi connectivity index (χ4v) is 6.06. The van der Waals surface area contributed by atoms with Crippen molar-refractivity contribution in [3.63, 3.8) is 0 Å². The summed E-state index contributed by atoms with van der Waals surface area (Å²) < 4.78 is 76.1. The molecule has 5 aromatic rings. The third kappa shape index (κ3) is 6.27. The van der Waals surface area contributed by atoms with Crippen molar-refractivity contribution in [3.05, 3.63) is 144 Å². The lowest BCUT2D eigenvalue weighted by atomic mass is 9.77. The van der Waals surface area contributed by atoms with Crippen molar-refractivity contribution in [2.45, 2.75) is 36.7 Å². The fraction of sp³-hybridized carbons (Fsp3) is 0.216. The normalized spacial score (nSPS) is 18.0. The van der Waals surface area contributed by atoms with E-state index in [1.165, 1.54) is 31.5 Å². The Bertz CT molecular complexity index is 1840. The number of alkyl halides is 3. The van der Waals surface area contributed by atoms with Crippen LogP contribution < -0.4 is 14.8 Å². The second-order valence-corrected chi connectivity index (χ2v) is 11.6. The van der Waals surface area contributed by atoms with E-state index in [0.29, 0.717) is 39.3 Å². The van der Waals surface area contributed by atoms with Gasteiger partial charge < -0.3 is 19.5 Å². The number of nitrogens with zero attached hydrogens (tertiary/aromatic N) is 3. The highest BCUT2D eigenvalue weighted by Crippen LogP contribution is 2.44. The third-order valence-electron chi connectivity index (χ3n) is 8.54. The standard InChI is InChI=1S/C37H32F4N4O3/c1-35(31-19-24(9-18-32(31)38)25-21-42-23-43-22-25)20-33(37(39,40)41)48-34(44-35)45-36(26-7-5-4-6-8-26,27-10-14-29(46-2)15-11-27)28-12-16-30(47-3)17-13-28/h4-19,21-23,33H,20H2,1-3H3,(H,44,45)/t33-,35-/m0/s1. The van der Waals surface area contributed by atoms with E-state index in [0.717, 1.165) is 0 Å². The van der Waals surface area contributed by atoms with Gasteiger partial charge in [0.1, 0.15) is 29.2 Å². The van der Waals surface area contributed by atoms with Crippen molar-refractivity contribution in [3.8, 4) is 22.6 Å². The quantitative estimate of drug-likeness (QED) is 0.136. The number of benzene rings is 4. The zero-order valence-corrected chi connectivity index (χ0v) is 26.3. The summed E-state index contributed by atoms with van der Waals surface area (Å²) in [5.74, 6) is 0.472. The van der Waals surface area contributed by atoms with Gasteiger partial charge in [-0.1, -0.05) is 60.7 Å². The minimum atomic E-state index is -4.79. The first kappa shape index (κ1) is 32.5. The summed E-state index contributed by atoms with van der Waals surface area (Å²) in [6.07, 6.45) is -3.30. The van der Waals surface area contributed by atoms with Gasteiger partial charge in [-0.2, -0.15) is 13.2 Å². The number of nitrogens with one attached hydrogen (secondary N) is 1. The summed E-state index contributed by atoms with van der Waals surface area (Å²) in [7, 11) is 3.09. The molecule has 7 nitrogen and oxygen atoms in total. The molecule has 0 amide bonds. The Morgan fingerprint density at radius 3 is 1.88 bits per heavy atom. The molecule has 4 aromatic carbocycles. The number of aliphatic imine (C=N–C) groups is 1. The van der Waals surface area contributed by atoms with Gasteiger partial charge in [0.05, 0.1) is 19.8 Å². The topological polar surface area (TPSA) is 77.9 Å². The first-order valence-electron chi connectivity index (χ1n) is 15.1. The van der Waals surface area contributed by atoms with Gasteiger partial charge in [-0.3, -0.25) is 0 Å². The second kappa shape index (κ2) is 13.0. The summed E-state index contributed by atoms with van der Waals surface area (Å²) in [6, 6.07) is 27.4. The Labute approximate surface area is 275 Å². The second-order valence-electron chi connectivity index (χ2n) is 11.6. The van der Waals surface area contributed by atoms with E-state index in [4.69, 9.17) is 19.2 Å². The predicted molar refractivity (Wildman–Crippen MR) is 173 cm³/mol. The van der Waals surface area contributed by atoms with Crippen LogP contribution in [-0.2, 0) is 15.8 Å². The molecule has 6 rings (SSSR count).